The smallest absolute Gasteiger partial charge is 0.227 e. The predicted molar refractivity (Wildman–Crippen MR) is 66.4 cm³/mol. The number of nitrogens with one attached hydrogen (secondary N) is 2. The van der Waals surface area contributed by atoms with Gasteiger partial charge >= 0.3 is 0 Å². The zero-order valence-corrected chi connectivity index (χ0v) is 10.2. The molecule has 1 heterocycles. The molecule has 1 aromatic carbocycles. The maximum Gasteiger partial charge on any atom is 0.227 e. The summed E-state index contributed by atoms with van der Waals surface area (Å²) in [5.41, 5.74) is 0.739. The Bertz CT molecular complexity index is 510. The Labute approximate surface area is 109 Å². The first kappa shape index (κ1) is 13.1. The highest BCUT2D eigenvalue weighted by molar-refractivity contribution is 6.04. The minimum absolute atomic E-state index is 0.123. The molecule has 1 atom stereocenters. The van der Waals surface area contributed by atoms with Gasteiger partial charge in [0.2, 0.25) is 11.8 Å². The van der Waals surface area contributed by atoms with E-state index in [1.54, 1.807) is 12.1 Å². The minimum Gasteiger partial charge on any atom is -0.508 e. The van der Waals surface area contributed by atoms with E-state index in [0.29, 0.717) is 0 Å². The Morgan fingerprint density at radius 2 is 2.00 bits per heavy atom. The fourth-order valence-corrected chi connectivity index (χ4v) is 1.85. The van der Waals surface area contributed by atoms with Gasteiger partial charge in [-0.25, -0.2) is 0 Å². The lowest BCUT2D eigenvalue weighted by Gasteiger charge is -2.22. The molecule has 1 aliphatic rings. The van der Waals surface area contributed by atoms with Crippen LogP contribution in [0.4, 0.5) is 0 Å². The first-order valence-corrected chi connectivity index (χ1v) is 5.91. The van der Waals surface area contributed by atoms with E-state index in [9.17, 15) is 14.4 Å². The first-order valence-electron chi connectivity index (χ1n) is 5.91. The molecule has 6 nitrogen and oxygen atoms in total. The van der Waals surface area contributed by atoms with Crippen LogP contribution in [0.3, 0.4) is 0 Å². The number of carbonyl (C=O) groups excluding carboxylic acids is 3. The zero-order chi connectivity index (χ0) is 13.8. The highest BCUT2D eigenvalue weighted by Gasteiger charge is 2.27. The number of piperidine rings is 1. The van der Waals surface area contributed by atoms with E-state index < -0.39 is 6.04 Å². The van der Waals surface area contributed by atoms with Crippen molar-refractivity contribution in [3.05, 3.63) is 29.8 Å². The number of hydrogen-bond acceptors (Lipinski definition) is 4. The Hall–Kier alpha value is -2.37. The van der Waals surface area contributed by atoms with Crippen LogP contribution in [0.5, 0.6) is 5.75 Å². The summed E-state index contributed by atoms with van der Waals surface area (Å²) in [6.07, 6.45) is -0.0673. The molecule has 1 unspecified atom stereocenters. The lowest BCUT2D eigenvalue weighted by atomic mass is 10.0. The third-order valence-electron chi connectivity index (χ3n) is 2.86. The van der Waals surface area contributed by atoms with Crippen LogP contribution < -0.4 is 10.6 Å². The van der Waals surface area contributed by atoms with Crippen LogP contribution in [0.25, 0.3) is 0 Å². The number of phenolic OH excluding ortho intramolecular Hbond substituents is 1. The zero-order valence-electron chi connectivity index (χ0n) is 10.2. The molecule has 0 aliphatic carbocycles. The molecule has 1 fully saturated rings. The molecule has 100 valence electrons. The standard InChI is InChI=1S/C13H14N2O4/c16-9-3-1-8(2-4-9)5-13(19)15-10-7-14-12(18)6-11(10)17/h1-4,10,16H,5-7H2,(H,14,18)(H,15,19). The second-order valence-electron chi connectivity index (χ2n) is 4.41. The molecule has 2 rings (SSSR count). The Kier molecular flexibility index (Phi) is 3.79. The molecule has 0 saturated carbocycles. The third-order valence-corrected chi connectivity index (χ3v) is 2.86. The van der Waals surface area contributed by atoms with Gasteiger partial charge in [0.25, 0.3) is 0 Å². The summed E-state index contributed by atoms with van der Waals surface area (Å²) in [5, 5.41) is 14.2. The topological polar surface area (TPSA) is 95.5 Å². The number of hydrogen-bond donors (Lipinski definition) is 3. The second kappa shape index (κ2) is 5.51. The van der Waals surface area contributed by atoms with Gasteiger partial charge in [0.1, 0.15) is 11.8 Å². The lowest BCUT2D eigenvalue weighted by molar-refractivity contribution is -0.134. The number of amides is 2. The van der Waals surface area contributed by atoms with Gasteiger partial charge in [-0.15, -0.1) is 0 Å². The van der Waals surface area contributed by atoms with E-state index in [-0.39, 0.29) is 42.7 Å². The highest BCUT2D eigenvalue weighted by atomic mass is 16.3. The van der Waals surface area contributed by atoms with Crippen LogP contribution in [0.1, 0.15) is 12.0 Å². The van der Waals surface area contributed by atoms with E-state index >= 15 is 0 Å². The molecule has 19 heavy (non-hydrogen) atoms. The Morgan fingerprint density at radius 1 is 1.32 bits per heavy atom. The largest absolute Gasteiger partial charge is 0.508 e. The molecule has 1 aromatic rings. The van der Waals surface area contributed by atoms with Crippen LogP contribution in [0.15, 0.2) is 24.3 Å². The minimum atomic E-state index is -0.651. The van der Waals surface area contributed by atoms with Crippen LogP contribution >= 0.6 is 0 Å². The predicted octanol–water partition coefficient (Wildman–Crippen LogP) is -0.492. The van der Waals surface area contributed by atoms with Gasteiger partial charge < -0.3 is 15.7 Å². The normalized spacial score (nSPS) is 18.8. The SMILES string of the molecule is O=C1CC(=O)C(NC(=O)Cc2ccc(O)cc2)CN1. The maximum atomic E-state index is 11.8. The molecule has 1 aliphatic heterocycles. The van der Waals surface area contributed by atoms with Gasteiger partial charge in [-0.1, -0.05) is 12.1 Å². The number of ketones is 1. The average molecular weight is 262 g/mol. The van der Waals surface area contributed by atoms with Crippen molar-refractivity contribution in [2.75, 3.05) is 6.54 Å². The number of carbonyl (C=O) groups is 3. The summed E-state index contributed by atoms with van der Waals surface area (Å²) in [6.45, 7) is 0.138. The van der Waals surface area contributed by atoms with Crippen molar-refractivity contribution in [1.29, 1.82) is 0 Å². The van der Waals surface area contributed by atoms with Crippen molar-refractivity contribution in [2.24, 2.45) is 0 Å². The van der Waals surface area contributed by atoms with Gasteiger partial charge in [0.15, 0.2) is 5.78 Å². The fourth-order valence-electron chi connectivity index (χ4n) is 1.85. The summed E-state index contributed by atoms with van der Waals surface area (Å²) in [7, 11) is 0. The van der Waals surface area contributed by atoms with E-state index in [4.69, 9.17) is 5.11 Å². The molecule has 0 radical (unpaired) electrons. The van der Waals surface area contributed by atoms with Crippen LogP contribution in [0.2, 0.25) is 0 Å². The summed E-state index contributed by atoms with van der Waals surface area (Å²) in [5.74, 6) is -0.744. The number of phenols is 1. The third kappa shape index (κ3) is 3.54. The molecule has 0 bridgehead atoms. The molecular weight excluding hydrogens is 248 g/mol. The quantitative estimate of drug-likeness (QED) is 0.640. The van der Waals surface area contributed by atoms with Crippen molar-refractivity contribution < 1.29 is 19.5 Å². The van der Waals surface area contributed by atoms with E-state index in [2.05, 4.69) is 10.6 Å². The van der Waals surface area contributed by atoms with Crippen molar-refractivity contribution in [3.8, 4) is 5.75 Å². The van der Waals surface area contributed by atoms with Gasteiger partial charge in [0.05, 0.1) is 12.8 Å². The highest BCUT2D eigenvalue weighted by Crippen LogP contribution is 2.10. The van der Waals surface area contributed by atoms with Gasteiger partial charge in [-0.05, 0) is 17.7 Å². The van der Waals surface area contributed by atoms with Crippen molar-refractivity contribution in [1.82, 2.24) is 10.6 Å². The molecule has 0 aromatic heterocycles. The van der Waals surface area contributed by atoms with Crippen LogP contribution in [-0.4, -0.2) is 35.3 Å². The molecule has 3 N–H and O–H groups in total. The van der Waals surface area contributed by atoms with Gasteiger partial charge in [-0.3, -0.25) is 14.4 Å². The Balaban J connectivity index is 1.89. The molecular formula is C13H14N2O4. The lowest BCUT2D eigenvalue weighted by Crippen LogP contribution is -2.53. The number of Topliss-reactive ketones (excluding diaryl/α,β-unsaturated/α-hetero) is 1. The van der Waals surface area contributed by atoms with Crippen LogP contribution in [0, 0.1) is 0 Å². The maximum absolute atomic E-state index is 11.8. The summed E-state index contributed by atoms with van der Waals surface area (Å²) in [4.78, 5) is 34.2. The summed E-state index contributed by atoms with van der Waals surface area (Å²) in [6, 6.07) is 5.62. The van der Waals surface area contributed by atoms with E-state index in [1.807, 2.05) is 0 Å². The van der Waals surface area contributed by atoms with Gasteiger partial charge in [0, 0.05) is 6.54 Å². The van der Waals surface area contributed by atoms with Crippen molar-refractivity contribution >= 4 is 17.6 Å². The van der Waals surface area contributed by atoms with Crippen LogP contribution in [-0.2, 0) is 20.8 Å². The Morgan fingerprint density at radius 3 is 2.63 bits per heavy atom. The molecule has 6 heteroatoms. The van der Waals surface area contributed by atoms with Crippen molar-refractivity contribution in [3.63, 3.8) is 0 Å². The second-order valence-corrected chi connectivity index (χ2v) is 4.41. The molecule has 0 spiro atoms. The summed E-state index contributed by atoms with van der Waals surface area (Å²) >= 11 is 0. The van der Waals surface area contributed by atoms with Crippen molar-refractivity contribution in [2.45, 2.75) is 18.9 Å². The molecule has 1 saturated heterocycles. The fraction of sp³-hybridized carbons (Fsp3) is 0.308. The first-order chi connectivity index (χ1) is 9.04. The van der Waals surface area contributed by atoms with E-state index in [0.717, 1.165) is 5.56 Å². The average Bonchev–Trinajstić information content (AvgIpc) is 2.36. The van der Waals surface area contributed by atoms with Gasteiger partial charge in [-0.2, -0.15) is 0 Å². The van der Waals surface area contributed by atoms with E-state index in [1.165, 1.54) is 12.1 Å². The monoisotopic (exact) mass is 262 g/mol. The number of rotatable bonds is 3. The number of benzene rings is 1. The summed E-state index contributed by atoms with van der Waals surface area (Å²) < 4.78 is 0. The molecule has 2 amide bonds. The number of aromatic hydroxyl groups is 1.